The number of carbonyl (C=O) groups is 1. The molecule has 2 heterocycles. The van der Waals surface area contributed by atoms with Crippen LogP contribution in [-0.2, 0) is 4.79 Å². The van der Waals surface area contributed by atoms with E-state index in [0.29, 0.717) is 5.75 Å². The quantitative estimate of drug-likeness (QED) is 0.812. The first kappa shape index (κ1) is 17.1. The predicted molar refractivity (Wildman–Crippen MR) is 96.9 cm³/mol. The summed E-state index contributed by atoms with van der Waals surface area (Å²) in [6.07, 6.45) is 1.02. The van der Waals surface area contributed by atoms with Gasteiger partial charge in [0.1, 0.15) is 5.37 Å². The molecule has 0 radical (unpaired) electrons. The van der Waals surface area contributed by atoms with Crippen molar-refractivity contribution >= 4 is 29.3 Å². The van der Waals surface area contributed by atoms with Gasteiger partial charge in [-0.3, -0.25) is 4.79 Å². The van der Waals surface area contributed by atoms with E-state index < -0.39 is 0 Å². The molecule has 3 rings (SSSR count). The summed E-state index contributed by atoms with van der Waals surface area (Å²) in [5.74, 6) is 0.794. The van der Waals surface area contributed by atoms with Crippen molar-refractivity contribution in [2.75, 3.05) is 52.1 Å². The van der Waals surface area contributed by atoms with E-state index in [4.69, 9.17) is 11.6 Å². The molecule has 1 atom stereocenters. The SMILES string of the molecule is CN1CCN(CCCN2C(=O)CSC2c2ccccc2Cl)CC1. The summed E-state index contributed by atoms with van der Waals surface area (Å²) in [4.78, 5) is 19.1. The lowest BCUT2D eigenvalue weighted by Crippen LogP contribution is -2.45. The Morgan fingerprint density at radius 2 is 1.91 bits per heavy atom. The second-order valence-electron chi connectivity index (χ2n) is 6.27. The third-order valence-electron chi connectivity index (χ3n) is 4.61. The first-order valence-corrected chi connectivity index (χ1v) is 9.64. The normalized spacial score (nSPS) is 23.7. The molecule has 0 N–H and O–H groups in total. The van der Waals surface area contributed by atoms with E-state index in [-0.39, 0.29) is 11.3 Å². The molecule has 2 aliphatic heterocycles. The lowest BCUT2D eigenvalue weighted by atomic mass is 10.2. The minimum absolute atomic E-state index is 0.0729. The second kappa shape index (κ2) is 7.88. The van der Waals surface area contributed by atoms with Crippen LogP contribution < -0.4 is 0 Å². The smallest absolute Gasteiger partial charge is 0.233 e. The molecule has 1 aromatic carbocycles. The highest BCUT2D eigenvalue weighted by molar-refractivity contribution is 8.00. The lowest BCUT2D eigenvalue weighted by Gasteiger charge is -2.33. The van der Waals surface area contributed by atoms with Crippen LogP contribution in [0, 0.1) is 0 Å². The monoisotopic (exact) mass is 353 g/mol. The molecule has 0 aliphatic carbocycles. The Kier molecular flexibility index (Phi) is 5.85. The first-order chi connectivity index (χ1) is 11.1. The van der Waals surface area contributed by atoms with Crippen molar-refractivity contribution in [2.24, 2.45) is 0 Å². The molecule has 0 aromatic heterocycles. The number of piperazine rings is 1. The molecule has 1 unspecified atom stereocenters. The van der Waals surface area contributed by atoms with E-state index in [0.717, 1.165) is 56.3 Å². The molecule has 2 fully saturated rings. The highest BCUT2D eigenvalue weighted by Gasteiger charge is 2.33. The van der Waals surface area contributed by atoms with Crippen LogP contribution in [0.5, 0.6) is 0 Å². The van der Waals surface area contributed by atoms with E-state index in [9.17, 15) is 4.79 Å². The third kappa shape index (κ3) is 4.21. The molecule has 0 bridgehead atoms. The number of thioether (sulfide) groups is 1. The van der Waals surface area contributed by atoms with Gasteiger partial charge >= 0.3 is 0 Å². The number of halogens is 1. The zero-order valence-corrected chi connectivity index (χ0v) is 15.2. The van der Waals surface area contributed by atoms with Crippen LogP contribution in [0.4, 0.5) is 0 Å². The summed E-state index contributed by atoms with van der Waals surface area (Å²) in [6.45, 7) is 6.42. The predicted octanol–water partition coefficient (Wildman–Crippen LogP) is 2.55. The Bertz CT molecular complexity index is 548. The van der Waals surface area contributed by atoms with Gasteiger partial charge in [-0.05, 0) is 26.1 Å². The van der Waals surface area contributed by atoms with Gasteiger partial charge < -0.3 is 14.7 Å². The topological polar surface area (TPSA) is 26.8 Å². The second-order valence-corrected chi connectivity index (χ2v) is 7.75. The fourth-order valence-corrected chi connectivity index (χ4v) is 4.72. The molecule has 2 saturated heterocycles. The Labute approximate surface area is 147 Å². The number of rotatable bonds is 5. The van der Waals surface area contributed by atoms with Crippen LogP contribution in [0.3, 0.4) is 0 Å². The van der Waals surface area contributed by atoms with Crippen LogP contribution in [0.2, 0.25) is 5.02 Å². The van der Waals surface area contributed by atoms with Crippen molar-refractivity contribution in [3.63, 3.8) is 0 Å². The summed E-state index contributed by atoms with van der Waals surface area (Å²) in [5.41, 5.74) is 1.06. The van der Waals surface area contributed by atoms with Gasteiger partial charge in [0, 0.05) is 43.3 Å². The minimum Gasteiger partial charge on any atom is -0.326 e. The van der Waals surface area contributed by atoms with Gasteiger partial charge in [0.2, 0.25) is 5.91 Å². The highest BCUT2D eigenvalue weighted by atomic mass is 35.5. The molecule has 23 heavy (non-hydrogen) atoms. The van der Waals surface area contributed by atoms with E-state index in [2.05, 4.69) is 16.8 Å². The Balaban J connectivity index is 1.55. The summed E-state index contributed by atoms with van der Waals surface area (Å²) < 4.78 is 0. The Morgan fingerprint density at radius 3 is 2.65 bits per heavy atom. The van der Waals surface area contributed by atoms with Gasteiger partial charge in [-0.2, -0.15) is 0 Å². The van der Waals surface area contributed by atoms with Gasteiger partial charge in [-0.25, -0.2) is 0 Å². The van der Waals surface area contributed by atoms with Crippen molar-refractivity contribution < 1.29 is 4.79 Å². The molecular formula is C17H24ClN3OS. The van der Waals surface area contributed by atoms with Crippen LogP contribution >= 0.6 is 23.4 Å². The number of amides is 1. The van der Waals surface area contributed by atoms with Gasteiger partial charge in [0.25, 0.3) is 0 Å². The van der Waals surface area contributed by atoms with E-state index in [1.807, 2.05) is 29.2 Å². The van der Waals surface area contributed by atoms with Crippen LogP contribution in [-0.4, -0.2) is 72.7 Å². The zero-order chi connectivity index (χ0) is 16.2. The molecule has 0 spiro atoms. The number of hydrogen-bond donors (Lipinski definition) is 0. The molecular weight excluding hydrogens is 330 g/mol. The third-order valence-corrected chi connectivity index (χ3v) is 6.19. The number of nitrogens with zero attached hydrogens (tertiary/aromatic N) is 3. The van der Waals surface area contributed by atoms with Crippen molar-refractivity contribution in [3.8, 4) is 0 Å². The number of carbonyl (C=O) groups excluding carboxylic acids is 1. The van der Waals surface area contributed by atoms with Crippen LogP contribution in [0.25, 0.3) is 0 Å². The molecule has 1 aromatic rings. The number of likely N-dealkylation sites (N-methyl/N-ethyl adjacent to an activating group) is 1. The molecule has 126 valence electrons. The maximum atomic E-state index is 12.2. The fraction of sp³-hybridized carbons (Fsp3) is 0.588. The van der Waals surface area contributed by atoms with Crippen molar-refractivity contribution in [1.82, 2.24) is 14.7 Å². The summed E-state index contributed by atoms with van der Waals surface area (Å²) in [5, 5.41) is 0.826. The van der Waals surface area contributed by atoms with Gasteiger partial charge in [0.15, 0.2) is 0 Å². The number of benzene rings is 1. The fourth-order valence-electron chi connectivity index (χ4n) is 3.17. The largest absolute Gasteiger partial charge is 0.326 e. The summed E-state index contributed by atoms with van der Waals surface area (Å²) in [7, 11) is 2.17. The zero-order valence-electron chi connectivity index (χ0n) is 13.6. The molecule has 1 amide bonds. The van der Waals surface area contributed by atoms with Gasteiger partial charge in [-0.1, -0.05) is 29.8 Å². The maximum Gasteiger partial charge on any atom is 0.233 e. The maximum absolute atomic E-state index is 12.2. The minimum atomic E-state index is 0.0729. The molecule has 6 heteroatoms. The molecule has 2 aliphatic rings. The standard InChI is InChI=1S/C17H24ClN3OS/c1-19-9-11-20(12-10-19)7-4-8-21-16(22)13-23-17(21)14-5-2-3-6-15(14)18/h2-3,5-6,17H,4,7-13H2,1H3. The number of hydrogen-bond acceptors (Lipinski definition) is 4. The van der Waals surface area contributed by atoms with E-state index >= 15 is 0 Å². The Hall–Kier alpha value is -0.750. The van der Waals surface area contributed by atoms with Gasteiger partial charge in [0.05, 0.1) is 5.75 Å². The average Bonchev–Trinajstić information content (AvgIpc) is 2.91. The molecule has 4 nitrogen and oxygen atoms in total. The highest BCUT2D eigenvalue weighted by Crippen LogP contribution is 2.41. The summed E-state index contributed by atoms with van der Waals surface area (Å²) >= 11 is 8.01. The lowest BCUT2D eigenvalue weighted by molar-refractivity contribution is -0.128. The van der Waals surface area contributed by atoms with E-state index in [1.54, 1.807) is 11.8 Å². The average molecular weight is 354 g/mol. The summed E-state index contributed by atoms with van der Waals surface area (Å²) in [6, 6.07) is 7.87. The Morgan fingerprint density at radius 1 is 1.17 bits per heavy atom. The first-order valence-electron chi connectivity index (χ1n) is 8.21. The van der Waals surface area contributed by atoms with Crippen LogP contribution in [0.1, 0.15) is 17.4 Å². The van der Waals surface area contributed by atoms with Gasteiger partial charge in [-0.15, -0.1) is 11.8 Å². The molecule has 0 saturated carbocycles. The van der Waals surface area contributed by atoms with Crippen molar-refractivity contribution in [3.05, 3.63) is 34.9 Å². The van der Waals surface area contributed by atoms with Crippen molar-refractivity contribution in [2.45, 2.75) is 11.8 Å². The van der Waals surface area contributed by atoms with E-state index in [1.165, 1.54) is 0 Å². The van der Waals surface area contributed by atoms with Crippen molar-refractivity contribution in [1.29, 1.82) is 0 Å². The van der Waals surface area contributed by atoms with Crippen LogP contribution in [0.15, 0.2) is 24.3 Å².